The Morgan fingerprint density at radius 2 is 0.791 bits per heavy atom. The lowest BCUT2D eigenvalue weighted by Crippen LogP contribution is -2.46. The zero-order chi connectivity index (χ0) is 101. The molecule has 5 aliphatic rings. The number of hydrogen-bond acceptors (Lipinski definition) is 26. The molecule has 13 N–H and O–H groups in total. The molecule has 40 heteroatoms. The molecule has 3 amide bonds. The van der Waals surface area contributed by atoms with Crippen LogP contribution in [0.25, 0.3) is 67.3 Å². The first-order valence-electron chi connectivity index (χ1n) is 47.5. The number of anilines is 3. The van der Waals surface area contributed by atoms with Gasteiger partial charge < -0.3 is 68.3 Å². The van der Waals surface area contributed by atoms with E-state index in [1.807, 2.05) is 69.2 Å². The lowest BCUT2D eigenvalue weighted by Gasteiger charge is -2.33. The number of ether oxygens (including phenoxy) is 3. The number of benzene rings is 2. The van der Waals surface area contributed by atoms with E-state index in [1.165, 1.54) is 62.4 Å². The van der Waals surface area contributed by atoms with Gasteiger partial charge in [-0.05, 0) is 213 Å². The summed E-state index contributed by atoms with van der Waals surface area (Å²) in [6, 6.07) is 20.4. The topological polar surface area (TPSA) is 463 Å². The van der Waals surface area contributed by atoms with Gasteiger partial charge in [0.2, 0.25) is 0 Å². The van der Waals surface area contributed by atoms with Crippen molar-refractivity contribution in [2.75, 3.05) is 42.1 Å². The van der Waals surface area contributed by atoms with Gasteiger partial charge in [0.05, 0.1) is 55.4 Å². The molecule has 3 unspecified atom stereocenters. The normalized spacial score (nSPS) is 20.0. The Hall–Kier alpha value is -11.1. The molecule has 32 nitrogen and oxygen atoms in total. The third-order valence-electron chi connectivity index (χ3n) is 24.5. The van der Waals surface area contributed by atoms with E-state index in [-0.39, 0.29) is 104 Å². The van der Waals surface area contributed by atoms with Gasteiger partial charge in [0, 0.05) is 120 Å². The molecule has 0 aliphatic heterocycles. The fourth-order valence-corrected chi connectivity index (χ4v) is 20.4. The zero-order valence-electron chi connectivity index (χ0n) is 81.1. The van der Waals surface area contributed by atoms with Crippen molar-refractivity contribution < 1.29 is 58.6 Å². The second-order valence-electron chi connectivity index (χ2n) is 38.4. The smallest absolute Gasteiger partial charge is 0.407 e. The number of nitriles is 1. The summed E-state index contributed by atoms with van der Waals surface area (Å²) in [5.74, 6) is 0.0210. The number of amides is 3. The van der Waals surface area contributed by atoms with Crippen LogP contribution in [0.3, 0.4) is 0 Å². The number of H-pyrrole nitrogens is 1. The van der Waals surface area contributed by atoms with Crippen LogP contribution in [-0.2, 0) is 34.3 Å². The number of aryl methyl sites for hydroxylation is 2. The van der Waals surface area contributed by atoms with Crippen molar-refractivity contribution >= 4 is 124 Å². The number of nitrogens with one attached hydrogen (secondary N) is 7. The van der Waals surface area contributed by atoms with Gasteiger partial charge in [0.1, 0.15) is 22.5 Å². The summed E-state index contributed by atoms with van der Waals surface area (Å²) < 4.78 is 116. The van der Waals surface area contributed by atoms with Gasteiger partial charge >= 0.3 is 18.3 Å². The molecule has 2 aromatic carbocycles. The number of aromatic nitrogens is 12. The van der Waals surface area contributed by atoms with E-state index >= 15 is 0 Å². The van der Waals surface area contributed by atoms with Crippen LogP contribution < -0.4 is 49.1 Å². The Labute approximate surface area is 826 Å². The standard InChI is InChI=1S/C30H34ClFN6O4S.C25H26ClFN6O2S.C18H20ClFN6.C12H24N2O2.C12H20N2O2.C2H6/c1-18-9-11-21(12-10-18)43(40,41)38-17-23(22-13-20(31)15-35-28(22)38)26-34-16-24(32)27(37-26)33-14-19-7-5-6-8-25(19)36-29(39)42-30(2,3)4;1-15-6-8-18(9-7-15)36(34,35)33-14-20(19-10-17(26)12-31-25(19)33)23-30-13-21(27)24(32-23)29-11-16-4-2-3-5-22(16)28;19-11-5-12-13(8-24-16(12)23-7-11)17-25-9-14(20)18(26-17)22-6-10-3-1-2-4-15(10)21;2*1-12(2,3)16-11(15)14-10-7-5-4-6-9(10)8-13;1-2/h9-13,15-17,19,25H,5-8,14H2,1-4H3,(H,36,39)(H,33,34,37);6-10,12-14,16,22H,2-5,11,28H2,1H3,(H,29,30,32);5,7-10,15H,1-4,6,21H2,(H,23,24)(H,22,25,26);9-10H,4-8,13H2,1-3H3,(H,14,15);9-10H,4-7H2,1-3H3,(H,14,15);1-2H3/t19?,25-;16?,22-;10?,15-;2*9-,10+;/m11100./s1. The number of fused-ring (bicyclic) bond motifs is 3. The molecule has 9 aromatic heterocycles. The van der Waals surface area contributed by atoms with Crippen LogP contribution in [0.5, 0.6) is 0 Å². The number of nitrogens with zero attached hydrogens (tertiary/aromatic N) is 12. The Kier molecular flexibility index (Phi) is 38.1. The molecular formula is C99H130Cl3F3N22O10S2. The summed E-state index contributed by atoms with van der Waals surface area (Å²) in [7, 11) is -8.01. The number of aromatic amines is 1. The highest BCUT2D eigenvalue weighted by Gasteiger charge is 2.35. The van der Waals surface area contributed by atoms with Crippen molar-refractivity contribution in [1.29, 1.82) is 5.26 Å². The third kappa shape index (κ3) is 30.0. The molecule has 11 aromatic rings. The SMILES string of the molecule is CC.CC(C)(C)OC(=O)N[C@@H]1CCCC[C@H]1C#N.CC(C)(C)OC(=O)N[C@@H]1CCCC[C@H]1CN.Cc1ccc(S(=O)(=O)n2cc(-c3ncc(F)c(NCC4CCCC[C@H]4N)n3)c3cc(Cl)cnc32)cc1.Cc1ccc(S(=O)(=O)n2cc(-c3ncc(F)c(NCC4CCCC[C@H]4NC(=O)OC(C)(C)C)n3)c3cc(Cl)cnc32)cc1.N[C@@H]1CCCCC1CNc1nc(-c2c[nH]c3ncc(Cl)cc23)ncc1F. The third-order valence-corrected chi connectivity index (χ3v) is 28.4. The van der Waals surface area contributed by atoms with Crippen molar-refractivity contribution in [3.8, 4) is 40.2 Å². The maximum atomic E-state index is 14.9. The lowest BCUT2D eigenvalue weighted by molar-refractivity contribution is 0.0460. The number of halogens is 6. The van der Waals surface area contributed by atoms with Crippen LogP contribution >= 0.6 is 34.8 Å². The molecule has 0 bridgehead atoms. The van der Waals surface area contributed by atoms with E-state index < -0.39 is 66.5 Å². The van der Waals surface area contributed by atoms with Crippen molar-refractivity contribution in [2.45, 2.75) is 275 Å². The average molecular weight is 2020 g/mol. The number of carbonyl (C=O) groups excluding carboxylic acids is 3. The molecule has 16 rings (SSSR count). The second-order valence-corrected chi connectivity index (χ2v) is 43.4. The summed E-state index contributed by atoms with van der Waals surface area (Å²) in [5.41, 5.74) is 20.8. The summed E-state index contributed by atoms with van der Waals surface area (Å²) in [6.45, 7) is 26.3. The molecule has 0 spiro atoms. The Morgan fingerprint density at radius 1 is 0.460 bits per heavy atom. The van der Waals surface area contributed by atoms with Crippen LogP contribution in [0.4, 0.5) is 45.0 Å². The number of nitrogens with two attached hydrogens (primary N) is 3. The van der Waals surface area contributed by atoms with Gasteiger partial charge in [-0.25, -0.2) is 97.2 Å². The number of hydrogen-bond donors (Lipinski definition) is 10. The first-order chi connectivity index (χ1) is 66.0. The first kappa shape index (κ1) is 108. The molecule has 10 atom stereocenters. The van der Waals surface area contributed by atoms with Crippen LogP contribution in [0.1, 0.15) is 216 Å². The molecule has 139 heavy (non-hydrogen) atoms. The summed E-state index contributed by atoms with van der Waals surface area (Å²) in [4.78, 5) is 77.3. The molecular weight excluding hydrogens is 1880 g/mol. The molecule has 5 aliphatic carbocycles. The predicted octanol–water partition coefficient (Wildman–Crippen LogP) is 20.5. The minimum absolute atomic E-state index is 0.0173. The Balaban J connectivity index is 0.000000174. The molecule has 5 fully saturated rings. The fraction of sp³-hybridized carbons (Fsp3) is 0.505. The second kappa shape index (κ2) is 48.9. The van der Waals surface area contributed by atoms with Crippen LogP contribution in [0, 0.1) is 72.2 Å². The highest BCUT2D eigenvalue weighted by molar-refractivity contribution is 7.90. The quantitative estimate of drug-likeness (QED) is 0.0317. The zero-order valence-corrected chi connectivity index (χ0v) is 85.0. The monoisotopic (exact) mass is 2010 g/mol. The molecule has 0 saturated heterocycles. The molecule has 9 heterocycles. The van der Waals surface area contributed by atoms with E-state index in [0.29, 0.717) is 86.5 Å². The van der Waals surface area contributed by atoms with Crippen molar-refractivity contribution in [2.24, 2.45) is 46.8 Å². The van der Waals surface area contributed by atoms with Crippen LogP contribution in [0.15, 0.2) is 132 Å². The van der Waals surface area contributed by atoms with Crippen molar-refractivity contribution in [1.82, 2.24) is 73.7 Å². The summed E-state index contributed by atoms with van der Waals surface area (Å²) >= 11 is 18.5. The van der Waals surface area contributed by atoms with E-state index in [2.05, 4.69) is 87.8 Å². The maximum Gasteiger partial charge on any atom is 0.407 e. The fourth-order valence-electron chi connectivity index (χ4n) is 17.3. The first-order valence-corrected chi connectivity index (χ1v) is 51.5. The highest BCUT2D eigenvalue weighted by Crippen LogP contribution is 2.39. The van der Waals surface area contributed by atoms with Gasteiger partial charge in [0.25, 0.3) is 20.0 Å². The molecule has 5 saturated carbocycles. The molecule has 750 valence electrons. The highest BCUT2D eigenvalue weighted by atomic mass is 35.5. The number of alkyl carbamates (subject to hydrolysis) is 3. The van der Waals surface area contributed by atoms with Gasteiger partial charge in [-0.3, -0.25) is 0 Å². The average Bonchev–Trinajstić information content (AvgIpc) is 1.60. The van der Waals surface area contributed by atoms with E-state index in [0.717, 1.165) is 152 Å². The lowest BCUT2D eigenvalue weighted by atomic mass is 9.84. The molecule has 0 radical (unpaired) electrons. The van der Waals surface area contributed by atoms with E-state index in [1.54, 1.807) is 87.8 Å². The minimum atomic E-state index is -4.03. The minimum Gasteiger partial charge on any atom is -0.444 e. The summed E-state index contributed by atoms with van der Waals surface area (Å²) in [5, 5.41) is 29.7. The van der Waals surface area contributed by atoms with Gasteiger partial charge in [-0.15, -0.1) is 0 Å². The van der Waals surface area contributed by atoms with Crippen molar-refractivity contribution in [3.05, 3.63) is 166 Å². The van der Waals surface area contributed by atoms with Gasteiger partial charge in [0.15, 0.2) is 63.7 Å². The number of rotatable bonds is 20. The van der Waals surface area contributed by atoms with Crippen LogP contribution in [-0.4, -0.2) is 166 Å². The van der Waals surface area contributed by atoms with E-state index in [9.17, 15) is 44.4 Å². The number of carbonyl (C=O) groups is 3. The van der Waals surface area contributed by atoms with Gasteiger partial charge in [-0.1, -0.05) is 148 Å². The largest absolute Gasteiger partial charge is 0.444 e. The van der Waals surface area contributed by atoms with Gasteiger partial charge in [-0.2, -0.15) is 5.26 Å². The predicted molar refractivity (Wildman–Crippen MR) is 538 cm³/mol. The summed E-state index contributed by atoms with van der Waals surface area (Å²) in [6.07, 6.45) is 31.4. The van der Waals surface area contributed by atoms with Crippen LogP contribution in [0.2, 0.25) is 15.1 Å². The van der Waals surface area contributed by atoms with Crippen molar-refractivity contribution in [3.63, 3.8) is 0 Å². The maximum absolute atomic E-state index is 14.9. The Morgan fingerprint density at radius 3 is 1.18 bits per heavy atom. The Bertz CT molecular complexity index is 6300. The number of pyridine rings is 3. The van der Waals surface area contributed by atoms with E-state index in [4.69, 9.17) is 71.5 Å².